The van der Waals surface area contributed by atoms with Crippen LogP contribution in [0.2, 0.25) is 0 Å². The smallest absolute Gasteiger partial charge is 0.255 e. The third kappa shape index (κ3) is 2.90. The van der Waals surface area contributed by atoms with Crippen LogP contribution in [0.5, 0.6) is 0 Å². The zero-order valence-electron chi connectivity index (χ0n) is 14.3. The summed E-state index contributed by atoms with van der Waals surface area (Å²) < 4.78 is 0. The second-order valence-electron chi connectivity index (χ2n) is 7.09. The molecule has 4 rings (SSSR count). The number of hydrogen-bond acceptors (Lipinski definition) is 4. The van der Waals surface area contributed by atoms with Gasteiger partial charge in [-0.2, -0.15) is 4.98 Å². The molecule has 1 saturated carbocycles. The minimum Gasteiger partial charge on any atom is -0.322 e. The van der Waals surface area contributed by atoms with E-state index in [1.807, 2.05) is 38.1 Å². The second kappa shape index (κ2) is 5.98. The zero-order chi connectivity index (χ0) is 17.6. The van der Waals surface area contributed by atoms with E-state index in [1.54, 1.807) is 4.90 Å². The summed E-state index contributed by atoms with van der Waals surface area (Å²) >= 11 is 0. The normalized spacial score (nSPS) is 17.7. The number of carbonyl (C=O) groups excluding carboxylic acids is 2. The third-order valence-corrected chi connectivity index (χ3v) is 4.79. The minimum absolute atomic E-state index is 0.0277. The van der Waals surface area contributed by atoms with Crippen molar-refractivity contribution in [1.82, 2.24) is 20.1 Å². The summed E-state index contributed by atoms with van der Waals surface area (Å²) in [4.78, 5) is 31.5. The van der Waals surface area contributed by atoms with Gasteiger partial charge in [0.25, 0.3) is 5.91 Å². The average Bonchev–Trinajstić information content (AvgIpc) is 3.25. The standard InChI is InChI=1S/C18H21N5O2/c1-10(2)14(23-9-12-5-3-4-6-13(12)17(23)25)16(24)20-18-19-15(21-22-18)11-7-8-11/h3-6,10-11,14H,7-9H2,1-2H3,(H2,19,20,21,22,24)/t14-/m0/s1. The summed E-state index contributed by atoms with van der Waals surface area (Å²) in [7, 11) is 0. The van der Waals surface area contributed by atoms with Crippen molar-refractivity contribution >= 4 is 17.8 Å². The molecule has 0 bridgehead atoms. The topological polar surface area (TPSA) is 91.0 Å². The number of aromatic amines is 1. The van der Waals surface area contributed by atoms with Gasteiger partial charge in [-0.15, -0.1) is 5.10 Å². The van der Waals surface area contributed by atoms with E-state index in [9.17, 15) is 9.59 Å². The predicted octanol–water partition coefficient (Wildman–Crippen LogP) is 2.30. The third-order valence-electron chi connectivity index (χ3n) is 4.79. The largest absolute Gasteiger partial charge is 0.322 e. The van der Waals surface area contributed by atoms with Crippen molar-refractivity contribution in [2.75, 3.05) is 5.32 Å². The molecule has 1 aromatic heterocycles. The second-order valence-corrected chi connectivity index (χ2v) is 7.09. The lowest BCUT2D eigenvalue weighted by molar-refractivity contribution is -0.122. The van der Waals surface area contributed by atoms with E-state index in [0.29, 0.717) is 18.0 Å². The first kappa shape index (κ1) is 15.8. The summed E-state index contributed by atoms with van der Waals surface area (Å²) in [5.41, 5.74) is 1.63. The van der Waals surface area contributed by atoms with Crippen molar-refractivity contribution in [2.24, 2.45) is 5.92 Å². The van der Waals surface area contributed by atoms with Crippen molar-refractivity contribution in [3.8, 4) is 0 Å². The Hall–Kier alpha value is -2.70. The molecule has 1 aromatic carbocycles. The average molecular weight is 339 g/mol. The molecule has 2 aliphatic rings. The maximum absolute atomic E-state index is 12.8. The predicted molar refractivity (Wildman–Crippen MR) is 91.9 cm³/mol. The molecule has 2 aromatic rings. The molecule has 1 fully saturated rings. The number of nitrogens with zero attached hydrogens (tertiary/aromatic N) is 3. The molecular formula is C18H21N5O2. The molecule has 2 N–H and O–H groups in total. The van der Waals surface area contributed by atoms with Crippen LogP contribution in [0.1, 0.15) is 54.4 Å². The number of rotatable bonds is 5. The number of aromatic nitrogens is 3. The minimum atomic E-state index is -0.567. The van der Waals surface area contributed by atoms with Crippen LogP contribution in [0, 0.1) is 5.92 Å². The van der Waals surface area contributed by atoms with E-state index in [4.69, 9.17) is 0 Å². The van der Waals surface area contributed by atoms with Gasteiger partial charge in [0.05, 0.1) is 0 Å². The SMILES string of the molecule is CC(C)[C@@H](C(=O)Nc1n[nH]c(C2CC2)n1)N1Cc2ccccc2C1=O. The van der Waals surface area contributed by atoms with Gasteiger partial charge < -0.3 is 4.90 Å². The maximum atomic E-state index is 12.8. The van der Waals surface area contributed by atoms with Crippen LogP contribution in [0.3, 0.4) is 0 Å². The van der Waals surface area contributed by atoms with Crippen LogP contribution in [-0.4, -0.2) is 37.9 Å². The highest BCUT2D eigenvalue weighted by atomic mass is 16.2. The molecule has 1 aliphatic carbocycles. The zero-order valence-corrected chi connectivity index (χ0v) is 14.3. The number of fused-ring (bicyclic) bond motifs is 1. The Kier molecular flexibility index (Phi) is 3.78. The van der Waals surface area contributed by atoms with Gasteiger partial charge in [-0.25, -0.2) is 0 Å². The van der Waals surface area contributed by atoms with Crippen LogP contribution in [0.25, 0.3) is 0 Å². The van der Waals surface area contributed by atoms with E-state index in [1.165, 1.54) is 0 Å². The quantitative estimate of drug-likeness (QED) is 0.874. The lowest BCUT2D eigenvalue weighted by Crippen LogP contribution is -2.47. The molecule has 2 heterocycles. The lowest BCUT2D eigenvalue weighted by atomic mass is 10.0. The fourth-order valence-corrected chi connectivity index (χ4v) is 3.36. The fraction of sp³-hybridized carbons (Fsp3) is 0.444. The number of hydrogen-bond donors (Lipinski definition) is 2. The van der Waals surface area contributed by atoms with E-state index >= 15 is 0 Å². The molecule has 2 amide bonds. The summed E-state index contributed by atoms with van der Waals surface area (Å²) in [6.07, 6.45) is 2.22. The number of H-pyrrole nitrogens is 1. The highest BCUT2D eigenvalue weighted by molar-refractivity contribution is 6.03. The van der Waals surface area contributed by atoms with Gasteiger partial charge in [-0.1, -0.05) is 32.0 Å². The summed E-state index contributed by atoms with van der Waals surface area (Å²) in [6.45, 7) is 4.33. The Morgan fingerprint density at radius 3 is 2.76 bits per heavy atom. The fourth-order valence-electron chi connectivity index (χ4n) is 3.36. The number of benzene rings is 1. The molecule has 0 unspecified atom stereocenters. The van der Waals surface area contributed by atoms with Crippen LogP contribution in [0.4, 0.5) is 5.95 Å². The summed E-state index contributed by atoms with van der Waals surface area (Å²) in [5.74, 6) is 1.16. The van der Waals surface area contributed by atoms with Crippen molar-refractivity contribution in [2.45, 2.75) is 45.2 Å². The highest BCUT2D eigenvalue weighted by Gasteiger charge is 2.38. The first-order chi connectivity index (χ1) is 12.0. The summed E-state index contributed by atoms with van der Waals surface area (Å²) in [6, 6.07) is 6.93. The van der Waals surface area contributed by atoms with E-state index in [-0.39, 0.29) is 23.7 Å². The Labute approximate surface area is 145 Å². The molecule has 1 aliphatic heterocycles. The van der Waals surface area contributed by atoms with Gasteiger partial charge in [-0.3, -0.25) is 20.0 Å². The number of nitrogens with one attached hydrogen (secondary N) is 2. The maximum Gasteiger partial charge on any atom is 0.255 e. The Morgan fingerprint density at radius 1 is 1.32 bits per heavy atom. The van der Waals surface area contributed by atoms with Crippen LogP contribution >= 0.6 is 0 Å². The van der Waals surface area contributed by atoms with Crippen LogP contribution < -0.4 is 5.32 Å². The van der Waals surface area contributed by atoms with E-state index < -0.39 is 6.04 Å². The number of anilines is 1. The monoisotopic (exact) mass is 339 g/mol. The van der Waals surface area contributed by atoms with Crippen LogP contribution in [0.15, 0.2) is 24.3 Å². The Balaban J connectivity index is 1.52. The molecular weight excluding hydrogens is 318 g/mol. The molecule has 0 saturated heterocycles. The molecule has 7 nitrogen and oxygen atoms in total. The molecule has 25 heavy (non-hydrogen) atoms. The first-order valence-corrected chi connectivity index (χ1v) is 8.66. The van der Waals surface area contributed by atoms with Gasteiger partial charge >= 0.3 is 0 Å². The van der Waals surface area contributed by atoms with Gasteiger partial charge in [-0.05, 0) is 30.4 Å². The highest BCUT2D eigenvalue weighted by Crippen LogP contribution is 2.38. The lowest BCUT2D eigenvalue weighted by Gasteiger charge is -2.29. The van der Waals surface area contributed by atoms with Gasteiger partial charge in [0, 0.05) is 18.0 Å². The van der Waals surface area contributed by atoms with Crippen molar-refractivity contribution < 1.29 is 9.59 Å². The summed E-state index contributed by atoms with van der Waals surface area (Å²) in [5, 5.41) is 9.71. The number of carbonyl (C=O) groups is 2. The van der Waals surface area contributed by atoms with E-state index in [2.05, 4.69) is 20.5 Å². The Bertz CT molecular complexity index is 824. The van der Waals surface area contributed by atoms with Gasteiger partial charge in [0.1, 0.15) is 11.9 Å². The molecule has 130 valence electrons. The van der Waals surface area contributed by atoms with Gasteiger partial charge in [0.2, 0.25) is 11.9 Å². The molecule has 0 radical (unpaired) electrons. The van der Waals surface area contributed by atoms with Crippen molar-refractivity contribution in [3.63, 3.8) is 0 Å². The molecule has 7 heteroatoms. The molecule has 0 spiro atoms. The van der Waals surface area contributed by atoms with Gasteiger partial charge in [0.15, 0.2) is 0 Å². The number of amides is 2. The van der Waals surface area contributed by atoms with Crippen molar-refractivity contribution in [3.05, 3.63) is 41.2 Å². The van der Waals surface area contributed by atoms with Crippen LogP contribution in [-0.2, 0) is 11.3 Å². The van der Waals surface area contributed by atoms with Crippen molar-refractivity contribution in [1.29, 1.82) is 0 Å². The first-order valence-electron chi connectivity index (χ1n) is 8.66. The van der Waals surface area contributed by atoms with E-state index in [0.717, 1.165) is 24.2 Å². The Morgan fingerprint density at radius 2 is 2.08 bits per heavy atom. The molecule has 1 atom stereocenters.